The van der Waals surface area contributed by atoms with Crippen LogP contribution in [0.5, 0.6) is 0 Å². The molecule has 0 unspecified atom stereocenters. The Hall–Kier alpha value is -3.28. The van der Waals surface area contributed by atoms with Gasteiger partial charge in [-0.25, -0.2) is 14.4 Å². The van der Waals surface area contributed by atoms with Crippen molar-refractivity contribution in [3.05, 3.63) is 70.4 Å². The number of carbonyl (C=O) groups excluding carboxylic acids is 1. The summed E-state index contributed by atoms with van der Waals surface area (Å²) < 4.78 is 13.8. The number of hydrogen-bond acceptors (Lipinski definition) is 3. The van der Waals surface area contributed by atoms with Crippen molar-refractivity contribution in [2.75, 3.05) is 6.54 Å². The Labute approximate surface area is 174 Å². The number of hydrogen-bond donors (Lipinski definition) is 1. The summed E-state index contributed by atoms with van der Waals surface area (Å²) in [7, 11) is 0. The summed E-state index contributed by atoms with van der Waals surface area (Å²) in [6, 6.07) is 10.3. The van der Waals surface area contributed by atoms with Crippen LogP contribution in [-0.4, -0.2) is 32.3 Å². The molecule has 1 N–H and O–H groups in total. The number of amides is 1. The van der Waals surface area contributed by atoms with Crippen molar-refractivity contribution in [3.8, 4) is 0 Å². The smallest absolute Gasteiger partial charge is 0.254 e. The molecule has 0 atom stereocenters. The summed E-state index contributed by atoms with van der Waals surface area (Å²) in [5.41, 5.74) is 7.18. The standard InChI is InChI=1S/C24H23FN4O/c1-3-18-19(4-2)27-23-11-14(5-7-22(23)26-18)24(30)29-10-9-21-17(13-29)16-12-15(25)6-8-20(16)28-21/h5-8,11-12,28H,3-4,9-10,13H2,1-2H3. The van der Waals surface area contributed by atoms with Crippen molar-refractivity contribution in [1.29, 1.82) is 0 Å². The van der Waals surface area contributed by atoms with Crippen molar-refractivity contribution in [2.24, 2.45) is 0 Å². The second kappa shape index (κ2) is 7.20. The van der Waals surface area contributed by atoms with E-state index in [-0.39, 0.29) is 11.7 Å². The number of H-pyrrole nitrogens is 1. The van der Waals surface area contributed by atoms with E-state index in [1.54, 1.807) is 12.1 Å². The van der Waals surface area contributed by atoms with E-state index in [4.69, 9.17) is 9.97 Å². The molecule has 5 rings (SSSR count). The van der Waals surface area contributed by atoms with E-state index in [0.717, 1.165) is 63.8 Å². The Kier molecular flexibility index (Phi) is 4.50. The Balaban J connectivity index is 1.48. The van der Waals surface area contributed by atoms with Crippen LogP contribution in [0.1, 0.15) is 46.9 Å². The molecule has 1 amide bonds. The van der Waals surface area contributed by atoms with Crippen molar-refractivity contribution >= 4 is 27.8 Å². The number of rotatable bonds is 3. The molecule has 3 heterocycles. The van der Waals surface area contributed by atoms with Crippen LogP contribution < -0.4 is 0 Å². The minimum Gasteiger partial charge on any atom is -0.358 e. The van der Waals surface area contributed by atoms with Crippen molar-refractivity contribution < 1.29 is 9.18 Å². The van der Waals surface area contributed by atoms with Crippen LogP contribution in [0.2, 0.25) is 0 Å². The van der Waals surface area contributed by atoms with E-state index in [2.05, 4.69) is 18.8 Å². The van der Waals surface area contributed by atoms with Crippen molar-refractivity contribution in [3.63, 3.8) is 0 Å². The maximum absolute atomic E-state index is 13.8. The molecule has 5 nitrogen and oxygen atoms in total. The van der Waals surface area contributed by atoms with Gasteiger partial charge in [0.2, 0.25) is 0 Å². The normalized spacial score (nSPS) is 13.8. The number of nitrogens with one attached hydrogen (secondary N) is 1. The number of aromatic amines is 1. The summed E-state index contributed by atoms with van der Waals surface area (Å²) in [5, 5.41) is 0.853. The van der Waals surface area contributed by atoms with Crippen molar-refractivity contribution in [1.82, 2.24) is 19.9 Å². The Morgan fingerprint density at radius 3 is 2.60 bits per heavy atom. The quantitative estimate of drug-likeness (QED) is 0.546. The molecule has 0 fully saturated rings. The van der Waals surface area contributed by atoms with Gasteiger partial charge in [0.05, 0.1) is 22.4 Å². The maximum Gasteiger partial charge on any atom is 0.254 e. The first-order valence-electron chi connectivity index (χ1n) is 10.4. The lowest BCUT2D eigenvalue weighted by Crippen LogP contribution is -2.35. The summed E-state index contributed by atoms with van der Waals surface area (Å²) in [5.74, 6) is -0.299. The molecule has 0 spiro atoms. The fourth-order valence-corrected chi connectivity index (χ4v) is 4.37. The Bertz CT molecular complexity index is 1290. The molecule has 2 aromatic carbocycles. The molecular weight excluding hydrogens is 379 g/mol. The zero-order valence-corrected chi connectivity index (χ0v) is 17.1. The maximum atomic E-state index is 13.8. The third kappa shape index (κ3) is 3.03. The SMILES string of the molecule is CCc1nc2ccc(C(=O)N3CCc4[nH]c5ccc(F)cc5c4C3)cc2nc1CC. The number of aryl methyl sites for hydroxylation is 2. The third-order valence-corrected chi connectivity index (χ3v) is 5.96. The van der Waals surface area contributed by atoms with Crippen LogP contribution in [-0.2, 0) is 25.8 Å². The summed E-state index contributed by atoms with van der Waals surface area (Å²) in [6.07, 6.45) is 2.38. The van der Waals surface area contributed by atoms with E-state index >= 15 is 0 Å². The number of halogens is 1. The van der Waals surface area contributed by atoms with Gasteiger partial charge in [-0.1, -0.05) is 13.8 Å². The first-order chi connectivity index (χ1) is 14.6. The summed E-state index contributed by atoms with van der Waals surface area (Å²) in [4.78, 5) is 27.9. The van der Waals surface area contributed by atoms with E-state index in [0.29, 0.717) is 18.7 Å². The first kappa shape index (κ1) is 18.7. The molecule has 0 saturated carbocycles. The molecule has 0 bridgehead atoms. The fraction of sp³-hybridized carbons (Fsp3) is 0.292. The average Bonchev–Trinajstić information content (AvgIpc) is 3.14. The van der Waals surface area contributed by atoms with E-state index < -0.39 is 0 Å². The molecule has 4 aromatic rings. The largest absolute Gasteiger partial charge is 0.358 e. The number of benzene rings is 2. The highest BCUT2D eigenvalue weighted by Gasteiger charge is 2.25. The predicted octanol–water partition coefficient (Wildman–Crippen LogP) is 4.57. The molecular formula is C24H23FN4O. The van der Waals surface area contributed by atoms with Gasteiger partial charge in [-0.15, -0.1) is 0 Å². The summed E-state index contributed by atoms with van der Waals surface area (Å²) >= 11 is 0. The monoisotopic (exact) mass is 402 g/mol. The van der Waals surface area contributed by atoms with Gasteiger partial charge in [0.25, 0.3) is 5.91 Å². The zero-order valence-electron chi connectivity index (χ0n) is 17.1. The Morgan fingerprint density at radius 1 is 1.07 bits per heavy atom. The highest BCUT2D eigenvalue weighted by molar-refractivity contribution is 5.98. The van der Waals surface area contributed by atoms with E-state index in [1.807, 2.05) is 23.1 Å². The molecule has 152 valence electrons. The van der Waals surface area contributed by atoms with Crippen LogP contribution >= 0.6 is 0 Å². The average molecular weight is 402 g/mol. The van der Waals surface area contributed by atoms with Crippen LogP contribution in [0.25, 0.3) is 21.9 Å². The molecule has 0 saturated heterocycles. The minimum absolute atomic E-state index is 0.0345. The van der Waals surface area contributed by atoms with Gasteiger partial charge in [0.15, 0.2) is 0 Å². The van der Waals surface area contributed by atoms with Gasteiger partial charge in [-0.2, -0.15) is 0 Å². The first-order valence-corrected chi connectivity index (χ1v) is 10.4. The third-order valence-electron chi connectivity index (χ3n) is 5.96. The molecule has 6 heteroatoms. The molecule has 0 aliphatic carbocycles. The lowest BCUT2D eigenvalue weighted by molar-refractivity contribution is 0.0735. The van der Waals surface area contributed by atoms with E-state index in [1.165, 1.54) is 6.07 Å². The minimum atomic E-state index is -0.265. The van der Waals surface area contributed by atoms with Crippen LogP contribution in [0.3, 0.4) is 0 Å². The predicted molar refractivity (Wildman–Crippen MR) is 115 cm³/mol. The molecule has 1 aliphatic heterocycles. The zero-order chi connectivity index (χ0) is 20.8. The van der Waals surface area contributed by atoms with Crippen LogP contribution in [0, 0.1) is 5.82 Å². The van der Waals surface area contributed by atoms with Gasteiger partial charge in [0.1, 0.15) is 5.82 Å². The molecule has 0 radical (unpaired) electrons. The molecule has 1 aliphatic rings. The number of aromatic nitrogens is 3. The van der Waals surface area contributed by atoms with Gasteiger partial charge < -0.3 is 9.88 Å². The number of fused-ring (bicyclic) bond motifs is 4. The second-order valence-corrected chi connectivity index (χ2v) is 7.78. The summed E-state index contributed by atoms with van der Waals surface area (Å²) in [6.45, 7) is 5.24. The number of carbonyl (C=O) groups is 1. The fourth-order valence-electron chi connectivity index (χ4n) is 4.37. The van der Waals surface area contributed by atoms with Gasteiger partial charge in [-0.05, 0) is 49.2 Å². The second-order valence-electron chi connectivity index (χ2n) is 7.78. The van der Waals surface area contributed by atoms with Gasteiger partial charge in [0, 0.05) is 47.2 Å². The topological polar surface area (TPSA) is 61.9 Å². The van der Waals surface area contributed by atoms with E-state index in [9.17, 15) is 9.18 Å². The lowest BCUT2D eigenvalue weighted by Gasteiger charge is -2.27. The highest BCUT2D eigenvalue weighted by atomic mass is 19.1. The molecule has 2 aromatic heterocycles. The van der Waals surface area contributed by atoms with Crippen LogP contribution in [0.15, 0.2) is 36.4 Å². The van der Waals surface area contributed by atoms with Crippen molar-refractivity contribution in [2.45, 2.75) is 39.7 Å². The van der Waals surface area contributed by atoms with Gasteiger partial charge in [-0.3, -0.25) is 4.79 Å². The van der Waals surface area contributed by atoms with Crippen LogP contribution in [0.4, 0.5) is 4.39 Å². The Morgan fingerprint density at radius 2 is 1.83 bits per heavy atom. The highest BCUT2D eigenvalue weighted by Crippen LogP contribution is 2.29. The molecule has 30 heavy (non-hydrogen) atoms. The van der Waals surface area contributed by atoms with Gasteiger partial charge >= 0.3 is 0 Å². The lowest BCUT2D eigenvalue weighted by atomic mass is 10.0. The number of nitrogens with zero attached hydrogens (tertiary/aromatic N) is 3.